The summed E-state index contributed by atoms with van der Waals surface area (Å²) in [6.07, 6.45) is 70.3. The van der Waals surface area contributed by atoms with Gasteiger partial charge in [0.1, 0.15) is 6.61 Å². The number of hydrogen-bond donors (Lipinski definition) is 2. The van der Waals surface area contributed by atoms with E-state index in [0.717, 1.165) is 51.4 Å². The molecule has 0 saturated carbocycles. The van der Waals surface area contributed by atoms with E-state index in [0.29, 0.717) is 6.42 Å². The van der Waals surface area contributed by atoms with Gasteiger partial charge in [-0.25, -0.2) is 4.57 Å². The zero-order valence-corrected chi connectivity index (χ0v) is 49.6. The Morgan fingerprint density at radius 2 is 0.671 bits per heavy atom. The fourth-order valence-corrected chi connectivity index (χ4v) is 10.6. The summed E-state index contributed by atoms with van der Waals surface area (Å²) in [5.41, 5.74) is 5.38. The predicted molar refractivity (Wildman–Crippen MR) is 312 cm³/mol. The van der Waals surface area contributed by atoms with E-state index in [1.165, 1.54) is 263 Å². The summed E-state index contributed by atoms with van der Waals surface area (Å²) in [5.74, 6) is -0.818. The second kappa shape index (κ2) is 60.0. The van der Waals surface area contributed by atoms with Crippen LogP contribution in [0.1, 0.15) is 348 Å². The molecule has 9 nitrogen and oxygen atoms in total. The Kier molecular flexibility index (Phi) is 59.0. The van der Waals surface area contributed by atoms with Crippen molar-refractivity contribution in [2.75, 3.05) is 26.4 Å². The summed E-state index contributed by atoms with van der Waals surface area (Å²) < 4.78 is 33.0. The summed E-state index contributed by atoms with van der Waals surface area (Å²) >= 11 is 0. The van der Waals surface area contributed by atoms with Gasteiger partial charge in [-0.1, -0.05) is 309 Å². The predicted octanol–water partition coefficient (Wildman–Crippen LogP) is 20.4. The zero-order chi connectivity index (χ0) is 53.1. The van der Waals surface area contributed by atoms with Crippen molar-refractivity contribution in [3.05, 3.63) is 12.2 Å². The van der Waals surface area contributed by atoms with Gasteiger partial charge in [-0.2, -0.15) is 0 Å². The maximum absolute atomic E-state index is 12.7. The minimum Gasteiger partial charge on any atom is -0.462 e. The van der Waals surface area contributed by atoms with Crippen LogP contribution in [-0.4, -0.2) is 49.3 Å². The van der Waals surface area contributed by atoms with E-state index >= 15 is 0 Å². The van der Waals surface area contributed by atoms with Gasteiger partial charge in [-0.3, -0.25) is 18.6 Å². The lowest BCUT2D eigenvalue weighted by atomic mass is 10.0. The molecule has 73 heavy (non-hydrogen) atoms. The number of carbonyl (C=O) groups is 2. The van der Waals surface area contributed by atoms with Crippen molar-refractivity contribution in [2.45, 2.75) is 354 Å². The van der Waals surface area contributed by atoms with Crippen molar-refractivity contribution in [2.24, 2.45) is 5.73 Å². The zero-order valence-electron chi connectivity index (χ0n) is 48.7. The van der Waals surface area contributed by atoms with Crippen LogP contribution in [-0.2, 0) is 32.7 Å². The molecule has 0 heterocycles. The summed E-state index contributed by atoms with van der Waals surface area (Å²) in [7, 11) is -4.38. The third-order valence-electron chi connectivity index (χ3n) is 14.7. The maximum atomic E-state index is 12.7. The van der Waals surface area contributed by atoms with Crippen LogP contribution in [0.2, 0.25) is 0 Å². The first kappa shape index (κ1) is 71.8. The highest BCUT2D eigenvalue weighted by molar-refractivity contribution is 7.47. The second-order valence-corrected chi connectivity index (χ2v) is 23.4. The number of unbranched alkanes of at least 4 members (excludes halogenated alkanes) is 47. The van der Waals surface area contributed by atoms with Gasteiger partial charge < -0.3 is 20.1 Å². The van der Waals surface area contributed by atoms with Gasteiger partial charge in [-0.05, 0) is 38.5 Å². The van der Waals surface area contributed by atoms with E-state index in [4.69, 9.17) is 24.3 Å². The number of allylic oxidation sites excluding steroid dienone is 2. The average Bonchev–Trinajstić information content (AvgIpc) is 3.38. The smallest absolute Gasteiger partial charge is 0.462 e. The maximum Gasteiger partial charge on any atom is 0.472 e. The molecular formula is C63H124NO8P. The summed E-state index contributed by atoms with van der Waals surface area (Å²) in [6, 6.07) is 0. The Bertz CT molecular complexity index is 1200. The molecule has 0 aromatic heterocycles. The van der Waals surface area contributed by atoms with Gasteiger partial charge in [0.15, 0.2) is 6.10 Å². The minimum atomic E-state index is -4.38. The van der Waals surface area contributed by atoms with Crippen LogP contribution in [0, 0.1) is 0 Å². The quantitative estimate of drug-likeness (QED) is 0.0264. The van der Waals surface area contributed by atoms with Gasteiger partial charge in [0.2, 0.25) is 0 Å². The number of nitrogens with two attached hydrogens (primary N) is 1. The molecule has 0 radical (unpaired) electrons. The molecule has 0 rings (SSSR count). The van der Waals surface area contributed by atoms with Crippen LogP contribution < -0.4 is 5.73 Å². The van der Waals surface area contributed by atoms with Crippen LogP contribution >= 0.6 is 7.82 Å². The topological polar surface area (TPSA) is 134 Å². The van der Waals surface area contributed by atoms with Crippen LogP contribution in [0.5, 0.6) is 0 Å². The van der Waals surface area contributed by atoms with Crippen LogP contribution in [0.25, 0.3) is 0 Å². The van der Waals surface area contributed by atoms with Gasteiger partial charge in [-0.15, -0.1) is 0 Å². The van der Waals surface area contributed by atoms with Gasteiger partial charge in [0.25, 0.3) is 0 Å². The number of carbonyl (C=O) groups excluding carboxylic acids is 2. The highest BCUT2D eigenvalue weighted by Crippen LogP contribution is 2.43. The molecule has 0 bridgehead atoms. The lowest BCUT2D eigenvalue weighted by Crippen LogP contribution is -2.29. The SMILES string of the molecule is CCCCCCCCC/C=C\CCCCCCCC(=O)OC(COC(=O)CCCCCCCCCCCCCCCCCCCCCCCCCCCCCCCCCCCCCC)COP(=O)(O)OCCN. The fraction of sp³-hybridized carbons (Fsp3) is 0.937. The molecule has 10 heteroatoms. The van der Waals surface area contributed by atoms with Crippen LogP contribution in [0.3, 0.4) is 0 Å². The molecule has 434 valence electrons. The van der Waals surface area contributed by atoms with Gasteiger partial charge in [0, 0.05) is 19.4 Å². The molecule has 0 amide bonds. The van der Waals surface area contributed by atoms with Crippen molar-refractivity contribution in [1.82, 2.24) is 0 Å². The minimum absolute atomic E-state index is 0.0553. The Morgan fingerprint density at radius 1 is 0.397 bits per heavy atom. The Morgan fingerprint density at radius 3 is 0.973 bits per heavy atom. The molecule has 0 aromatic carbocycles. The Hall–Kier alpha value is -1.25. The monoisotopic (exact) mass is 1050 g/mol. The summed E-state index contributed by atoms with van der Waals surface area (Å²) in [6.45, 7) is 3.79. The number of phosphoric acid groups is 1. The van der Waals surface area contributed by atoms with E-state index in [1.807, 2.05) is 0 Å². The first-order chi connectivity index (χ1) is 35.8. The van der Waals surface area contributed by atoms with Crippen LogP contribution in [0.15, 0.2) is 12.2 Å². The molecule has 0 saturated heterocycles. The van der Waals surface area contributed by atoms with E-state index in [-0.39, 0.29) is 38.6 Å². The normalized spacial score (nSPS) is 13.0. The van der Waals surface area contributed by atoms with E-state index in [2.05, 4.69) is 26.0 Å². The number of hydrogen-bond acceptors (Lipinski definition) is 8. The number of rotatable bonds is 62. The fourth-order valence-electron chi connectivity index (χ4n) is 9.87. The molecule has 0 aromatic rings. The highest BCUT2D eigenvalue weighted by Gasteiger charge is 2.26. The number of esters is 2. The van der Waals surface area contributed by atoms with E-state index in [1.54, 1.807) is 0 Å². The lowest BCUT2D eigenvalue weighted by Gasteiger charge is -2.19. The third kappa shape index (κ3) is 59.8. The molecule has 0 aliphatic heterocycles. The van der Waals surface area contributed by atoms with Crippen LogP contribution in [0.4, 0.5) is 0 Å². The summed E-state index contributed by atoms with van der Waals surface area (Å²) in [4.78, 5) is 35.2. The van der Waals surface area contributed by atoms with Crippen molar-refractivity contribution >= 4 is 19.8 Å². The molecule has 0 aliphatic carbocycles. The van der Waals surface area contributed by atoms with Gasteiger partial charge >= 0.3 is 19.8 Å². The van der Waals surface area contributed by atoms with Crippen molar-refractivity contribution in [3.8, 4) is 0 Å². The first-order valence-electron chi connectivity index (χ1n) is 32.2. The highest BCUT2D eigenvalue weighted by atomic mass is 31.2. The van der Waals surface area contributed by atoms with Gasteiger partial charge in [0.05, 0.1) is 13.2 Å². The third-order valence-corrected chi connectivity index (χ3v) is 15.6. The largest absolute Gasteiger partial charge is 0.472 e. The molecule has 3 N–H and O–H groups in total. The van der Waals surface area contributed by atoms with Crippen molar-refractivity contribution < 1.29 is 37.6 Å². The lowest BCUT2D eigenvalue weighted by molar-refractivity contribution is -0.161. The summed E-state index contributed by atoms with van der Waals surface area (Å²) in [5, 5.41) is 0. The average molecular weight is 1050 g/mol. The molecule has 0 aliphatic rings. The van der Waals surface area contributed by atoms with E-state index in [9.17, 15) is 19.0 Å². The number of ether oxygens (including phenoxy) is 2. The standard InChI is InChI=1S/C63H124NO8P/c1-3-5-7-9-11-13-15-17-19-21-22-23-24-25-26-27-28-29-30-31-32-33-34-35-36-37-38-39-40-42-43-45-47-49-51-53-55-62(65)69-59-61(60-71-73(67,68)70-58-57-64)72-63(66)56-54-52-50-48-46-44-41-20-18-16-14-12-10-8-6-4-2/h20,41,61H,3-19,21-40,42-60,64H2,1-2H3,(H,67,68)/b41-20-. The molecule has 0 spiro atoms. The second-order valence-electron chi connectivity index (χ2n) is 22.0. The number of phosphoric ester groups is 1. The Balaban J connectivity index is 3.74. The van der Waals surface area contributed by atoms with Crippen molar-refractivity contribution in [1.29, 1.82) is 0 Å². The molecule has 2 atom stereocenters. The first-order valence-corrected chi connectivity index (χ1v) is 33.7. The molecule has 2 unspecified atom stereocenters. The molecular weight excluding hydrogens is 930 g/mol. The van der Waals surface area contributed by atoms with Crippen molar-refractivity contribution in [3.63, 3.8) is 0 Å². The molecule has 0 fully saturated rings. The van der Waals surface area contributed by atoms with E-state index < -0.39 is 26.5 Å². The Labute approximate surface area is 453 Å².